The van der Waals surface area contributed by atoms with Crippen LogP contribution in [0.4, 0.5) is 9.59 Å². The molecule has 3 fully saturated rings. The van der Waals surface area contributed by atoms with Gasteiger partial charge in [-0.2, -0.15) is 5.06 Å². The second kappa shape index (κ2) is 10.4. The molecule has 3 aliphatic rings. The molecule has 2 saturated heterocycles. The molecule has 2 bridgehead atoms. The third kappa shape index (κ3) is 6.05. The van der Waals surface area contributed by atoms with Gasteiger partial charge in [-0.1, -0.05) is 30.3 Å². The summed E-state index contributed by atoms with van der Waals surface area (Å²) in [5, 5.41) is 1.41. The number of hydrogen-bond donors (Lipinski definition) is 1. The predicted octanol–water partition coefficient (Wildman–Crippen LogP) is 3.22. The zero-order valence-corrected chi connectivity index (χ0v) is 20.9. The molecule has 4 rings (SSSR count). The first-order chi connectivity index (χ1) is 16.6. The van der Waals surface area contributed by atoms with E-state index < -0.39 is 11.6 Å². The second-order valence-electron chi connectivity index (χ2n) is 10.5. The van der Waals surface area contributed by atoms with Crippen molar-refractivity contribution in [2.75, 3.05) is 13.6 Å². The fraction of sp³-hybridized carbons (Fsp3) is 0.640. The summed E-state index contributed by atoms with van der Waals surface area (Å²) in [4.78, 5) is 52.8. The van der Waals surface area contributed by atoms with Crippen LogP contribution in [0, 0.1) is 0 Å². The molecule has 0 radical (unpaired) electrons. The topological polar surface area (TPSA) is 101 Å². The van der Waals surface area contributed by atoms with Crippen molar-refractivity contribution >= 4 is 18.0 Å². The van der Waals surface area contributed by atoms with Crippen molar-refractivity contribution in [3.8, 4) is 0 Å². The molecule has 10 nitrogen and oxygen atoms in total. The Bertz CT molecular complexity index is 920. The molecule has 192 valence electrons. The maximum atomic E-state index is 12.9. The molecule has 2 heterocycles. The molecule has 1 aromatic carbocycles. The second-order valence-corrected chi connectivity index (χ2v) is 10.5. The molecular weight excluding hydrogens is 452 g/mol. The summed E-state index contributed by atoms with van der Waals surface area (Å²) in [7, 11) is 1.72. The van der Waals surface area contributed by atoms with E-state index in [1.54, 1.807) is 16.8 Å². The highest BCUT2D eigenvalue weighted by Crippen LogP contribution is 2.31. The highest BCUT2D eigenvalue weighted by Gasteiger charge is 2.48. The van der Waals surface area contributed by atoms with Gasteiger partial charge >= 0.3 is 12.1 Å². The van der Waals surface area contributed by atoms with E-state index in [4.69, 9.17) is 14.4 Å². The van der Waals surface area contributed by atoms with Gasteiger partial charge in [0.2, 0.25) is 0 Å². The van der Waals surface area contributed by atoms with E-state index in [2.05, 4.69) is 5.48 Å². The number of fused-ring (bicyclic) bond motifs is 2. The largest absolute Gasteiger partial charge is 0.444 e. The number of benzene rings is 1. The van der Waals surface area contributed by atoms with Gasteiger partial charge in [-0.3, -0.25) is 14.5 Å². The van der Waals surface area contributed by atoms with Gasteiger partial charge in [-0.25, -0.2) is 15.1 Å². The SMILES string of the molecule is CN(C(=O)OC(C)(C)C)C1CCC(ONC(=O)C2CCC3CN2C(=O)N3OCc2ccccc2)C1. The lowest BCUT2D eigenvalue weighted by molar-refractivity contribution is -0.144. The smallest absolute Gasteiger partial charge is 0.410 e. The number of hydrogen-bond acceptors (Lipinski definition) is 6. The fourth-order valence-corrected chi connectivity index (χ4v) is 4.86. The van der Waals surface area contributed by atoms with Gasteiger partial charge in [0.15, 0.2) is 0 Å². The van der Waals surface area contributed by atoms with E-state index in [-0.39, 0.29) is 36.2 Å². The van der Waals surface area contributed by atoms with Crippen LogP contribution in [0.1, 0.15) is 58.4 Å². The zero-order chi connectivity index (χ0) is 25.2. The molecule has 1 saturated carbocycles. The Hall–Kier alpha value is -2.85. The van der Waals surface area contributed by atoms with Gasteiger partial charge in [0, 0.05) is 19.6 Å². The Morgan fingerprint density at radius 1 is 1.11 bits per heavy atom. The van der Waals surface area contributed by atoms with E-state index in [1.165, 1.54) is 5.06 Å². The molecule has 0 aromatic heterocycles. The van der Waals surface area contributed by atoms with Crippen molar-refractivity contribution in [2.45, 2.75) is 89.3 Å². The number of piperidine rings is 1. The van der Waals surface area contributed by atoms with E-state index in [1.807, 2.05) is 51.1 Å². The quantitative estimate of drug-likeness (QED) is 0.592. The van der Waals surface area contributed by atoms with E-state index in [9.17, 15) is 14.4 Å². The van der Waals surface area contributed by atoms with Crippen LogP contribution >= 0.6 is 0 Å². The Morgan fingerprint density at radius 2 is 1.86 bits per heavy atom. The number of rotatable bonds is 7. The molecule has 4 unspecified atom stereocenters. The lowest BCUT2D eigenvalue weighted by Crippen LogP contribution is -2.50. The zero-order valence-electron chi connectivity index (χ0n) is 20.9. The van der Waals surface area contributed by atoms with E-state index in [0.29, 0.717) is 38.8 Å². The minimum absolute atomic E-state index is 0.0160. The van der Waals surface area contributed by atoms with Crippen LogP contribution in [-0.2, 0) is 25.8 Å². The molecule has 10 heteroatoms. The van der Waals surface area contributed by atoms with Gasteiger partial charge in [0.25, 0.3) is 5.91 Å². The average molecular weight is 489 g/mol. The Kier molecular flexibility index (Phi) is 7.51. The van der Waals surface area contributed by atoms with Crippen LogP contribution in [0.15, 0.2) is 30.3 Å². The lowest BCUT2D eigenvalue weighted by Gasteiger charge is -2.29. The number of nitrogens with one attached hydrogen (secondary N) is 1. The highest BCUT2D eigenvalue weighted by atomic mass is 16.7. The minimum Gasteiger partial charge on any atom is -0.444 e. The monoisotopic (exact) mass is 488 g/mol. The number of carbonyl (C=O) groups is 3. The van der Waals surface area contributed by atoms with Crippen LogP contribution in [-0.4, -0.2) is 76.3 Å². The van der Waals surface area contributed by atoms with Crippen molar-refractivity contribution in [1.29, 1.82) is 0 Å². The van der Waals surface area contributed by atoms with Crippen molar-refractivity contribution in [3.63, 3.8) is 0 Å². The summed E-state index contributed by atoms with van der Waals surface area (Å²) in [6.45, 7) is 6.27. The van der Waals surface area contributed by atoms with Gasteiger partial charge in [0.1, 0.15) is 18.2 Å². The Balaban J connectivity index is 1.24. The molecule has 2 aliphatic heterocycles. The van der Waals surface area contributed by atoms with Crippen LogP contribution < -0.4 is 5.48 Å². The summed E-state index contributed by atoms with van der Waals surface area (Å²) in [5.41, 5.74) is 3.00. The fourth-order valence-electron chi connectivity index (χ4n) is 4.86. The number of carbonyl (C=O) groups excluding carboxylic acids is 3. The third-order valence-corrected chi connectivity index (χ3v) is 6.75. The molecule has 0 spiro atoms. The summed E-state index contributed by atoms with van der Waals surface area (Å²) in [6.07, 6.45) is 2.74. The molecule has 4 atom stereocenters. The number of amides is 4. The maximum absolute atomic E-state index is 12.9. The number of nitrogens with zero attached hydrogens (tertiary/aromatic N) is 3. The van der Waals surface area contributed by atoms with Crippen molar-refractivity contribution in [1.82, 2.24) is 20.3 Å². The first-order valence-electron chi connectivity index (χ1n) is 12.3. The normalized spacial score (nSPS) is 26.1. The minimum atomic E-state index is -0.592. The Labute approximate surface area is 206 Å². The first-order valence-corrected chi connectivity index (χ1v) is 12.3. The summed E-state index contributed by atoms with van der Waals surface area (Å²) >= 11 is 0. The van der Waals surface area contributed by atoms with Gasteiger partial charge in [-0.15, -0.1) is 0 Å². The van der Waals surface area contributed by atoms with Crippen LogP contribution in [0.3, 0.4) is 0 Å². The van der Waals surface area contributed by atoms with E-state index >= 15 is 0 Å². The summed E-state index contributed by atoms with van der Waals surface area (Å²) in [5.74, 6) is -0.328. The Morgan fingerprint density at radius 3 is 2.57 bits per heavy atom. The van der Waals surface area contributed by atoms with E-state index in [0.717, 1.165) is 12.0 Å². The number of hydroxylamine groups is 3. The standard InChI is InChI=1S/C25H36N4O6/c1-25(2,3)34-24(32)27(4)18-10-12-20(14-18)35-26-22(30)21-13-11-19-15-28(21)23(31)29(19)33-16-17-8-6-5-7-9-17/h5-9,18-21H,10-16H2,1-4H3,(H,26,30). The molecule has 35 heavy (non-hydrogen) atoms. The van der Waals surface area contributed by atoms with Crippen LogP contribution in [0.25, 0.3) is 0 Å². The molecule has 1 aromatic rings. The molecule has 1 aliphatic carbocycles. The summed E-state index contributed by atoms with van der Waals surface area (Å²) in [6, 6.07) is 8.71. The summed E-state index contributed by atoms with van der Waals surface area (Å²) < 4.78 is 5.44. The van der Waals surface area contributed by atoms with Crippen LogP contribution in [0.2, 0.25) is 0 Å². The van der Waals surface area contributed by atoms with Gasteiger partial charge in [-0.05, 0) is 58.4 Å². The lowest BCUT2D eigenvalue weighted by atomic mass is 10.0. The molecule has 4 amide bonds. The molecular formula is C25H36N4O6. The van der Waals surface area contributed by atoms with Crippen molar-refractivity contribution in [3.05, 3.63) is 35.9 Å². The average Bonchev–Trinajstić information content (AvgIpc) is 3.38. The third-order valence-electron chi connectivity index (χ3n) is 6.75. The van der Waals surface area contributed by atoms with Gasteiger partial charge in [0.05, 0.1) is 12.1 Å². The first kappa shape index (κ1) is 25.2. The highest BCUT2D eigenvalue weighted by molar-refractivity contribution is 5.88. The number of ether oxygens (including phenoxy) is 1. The van der Waals surface area contributed by atoms with Crippen LogP contribution in [0.5, 0.6) is 0 Å². The predicted molar refractivity (Wildman–Crippen MR) is 127 cm³/mol. The van der Waals surface area contributed by atoms with Crippen molar-refractivity contribution < 1.29 is 28.8 Å². The molecule has 1 N–H and O–H groups in total. The number of urea groups is 1. The maximum Gasteiger partial charge on any atom is 0.410 e. The van der Waals surface area contributed by atoms with Crippen molar-refractivity contribution in [2.24, 2.45) is 0 Å². The van der Waals surface area contributed by atoms with Gasteiger partial charge < -0.3 is 14.5 Å².